The molecule has 134 valence electrons. The van der Waals surface area contributed by atoms with E-state index >= 15 is 0 Å². The minimum atomic E-state index is 0.146. The van der Waals surface area contributed by atoms with E-state index in [1.54, 1.807) is 23.1 Å². The normalized spacial score (nSPS) is 14.4. The van der Waals surface area contributed by atoms with Gasteiger partial charge in [0, 0.05) is 36.8 Å². The van der Waals surface area contributed by atoms with Gasteiger partial charge >= 0.3 is 0 Å². The van der Waals surface area contributed by atoms with Crippen LogP contribution in [0.5, 0.6) is 5.75 Å². The summed E-state index contributed by atoms with van der Waals surface area (Å²) in [5.41, 5.74) is 3.92. The predicted molar refractivity (Wildman–Crippen MR) is 106 cm³/mol. The van der Waals surface area contributed by atoms with E-state index in [1.807, 2.05) is 38.4 Å². The molecule has 5 heteroatoms. The number of aryl methyl sites for hydroxylation is 1. The van der Waals surface area contributed by atoms with Crippen LogP contribution in [0.4, 0.5) is 5.69 Å². The first kappa shape index (κ1) is 18.1. The van der Waals surface area contributed by atoms with Crippen molar-refractivity contribution >= 4 is 28.9 Å². The van der Waals surface area contributed by atoms with Crippen molar-refractivity contribution in [1.82, 2.24) is 5.32 Å². The fourth-order valence-corrected chi connectivity index (χ4v) is 3.17. The van der Waals surface area contributed by atoms with Crippen molar-refractivity contribution in [3.8, 4) is 5.75 Å². The number of carbonyl (C=O) groups is 1. The minimum absolute atomic E-state index is 0.146. The topological polar surface area (TPSA) is 41.6 Å². The van der Waals surface area contributed by atoms with Crippen LogP contribution < -0.4 is 15.0 Å². The van der Waals surface area contributed by atoms with E-state index in [0.717, 1.165) is 28.9 Å². The molecule has 0 spiro atoms. The number of benzene rings is 2. The molecular weight excluding hydrogens is 348 g/mol. The molecule has 26 heavy (non-hydrogen) atoms. The summed E-state index contributed by atoms with van der Waals surface area (Å²) in [5.74, 6) is 1.45. The maximum Gasteiger partial charge on any atom is 0.227 e. The second-order valence-corrected chi connectivity index (χ2v) is 6.48. The molecule has 0 aliphatic carbocycles. The molecule has 0 bridgehead atoms. The van der Waals surface area contributed by atoms with Crippen molar-refractivity contribution in [2.24, 2.45) is 0 Å². The molecule has 4 nitrogen and oxygen atoms in total. The molecule has 0 fully saturated rings. The third kappa shape index (κ3) is 3.60. The Morgan fingerprint density at radius 2 is 1.96 bits per heavy atom. The SMILES string of the molecule is C=C/C(Oc1ccc(Cl)cc1)=C(\NC)c1ccc2c(c1)CCC(=O)N2C. The first-order valence-corrected chi connectivity index (χ1v) is 8.79. The number of fused-ring (bicyclic) bond motifs is 1. The molecule has 0 aromatic heterocycles. The van der Waals surface area contributed by atoms with Crippen LogP contribution in [0.2, 0.25) is 5.02 Å². The number of rotatable bonds is 5. The Hall–Kier alpha value is -2.72. The van der Waals surface area contributed by atoms with Gasteiger partial charge in [0.1, 0.15) is 5.75 Å². The summed E-state index contributed by atoms with van der Waals surface area (Å²) in [6.07, 6.45) is 2.95. The zero-order chi connectivity index (χ0) is 18.7. The van der Waals surface area contributed by atoms with Gasteiger partial charge in [-0.2, -0.15) is 0 Å². The summed E-state index contributed by atoms with van der Waals surface area (Å²) in [7, 11) is 3.66. The summed E-state index contributed by atoms with van der Waals surface area (Å²) in [4.78, 5) is 13.6. The van der Waals surface area contributed by atoms with Gasteiger partial charge in [0.05, 0.1) is 5.70 Å². The van der Waals surface area contributed by atoms with E-state index < -0.39 is 0 Å². The van der Waals surface area contributed by atoms with Gasteiger partial charge in [0.2, 0.25) is 5.91 Å². The number of hydrogen-bond acceptors (Lipinski definition) is 3. The molecule has 2 aromatic rings. The number of carbonyl (C=O) groups excluding carboxylic acids is 1. The van der Waals surface area contributed by atoms with E-state index in [1.165, 1.54) is 0 Å². The lowest BCUT2D eigenvalue weighted by atomic mass is 9.97. The van der Waals surface area contributed by atoms with Crippen molar-refractivity contribution in [2.75, 3.05) is 19.0 Å². The highest BCUT2D eigenvalue weighted by atomic mass is 35.5. The quantitative estimate of drug-likeness (QED) is 0.628. The van der Waals surface area contributed by atoms with Crippen molar-refractivity contribution in [3.05, 3.63) is 77.0 Å². The van der Waals surface area contributed by atoms with Crippen molar-refractivity contribution in [2.45, 2.75) is 12.8 Å². The molecule has 1 heterocycles. The predicted octanol–water partition coefficient (Wildman–Crippen LogP) is 4.40. The van der Waals surface area contributed by atoms with Gasteiger partial charge in [0.25, 0.3) is 0 Å². The van der Waals surface area contributed by atoms with Crippen LogP contribution in [0.1, 0.15) is 17.5 Å². The fourth-order valence-electron chi connectivity index (χ4n) is 3.05. The van der Waals surface area contributed by atoms with Gasteiger partial charge in [-0.25, -0.2) is 0 Å². The highest BCUT2D eigenvalue weighted by molar-refractivity contribution is 6.30. The summed E-state index contributed by atoms with van der Waals surface area (Å²) in [6.45, 7) is 3.88. The number of nitrogens with one attached hydrogen (secondary N) is 1. The summed E-state index contributed by atoms with van der Waals surface area (Å²) in [6, 6.07) is 13.2. The van der Waals surface area contributed by atoms with E-state index in [4.69, 9.17) is 16.3 Å². The molecule has 0 saturated heterocycles. The maximum atomic E-state index is 11.9. The Labute approximate surface area is 158 Å². The van der Waals surface area contributed by atoms with Crippen LogP contribution in [-0.2, 0) is 11.2 Å². The molecule has 1 aliphatic heterocycles. The lowest BCUT2D eigenvalue weighted by molar-refractivity contribution is -0.118. The third-order valence-corrected chi connectivity index (χ3v) is 4.69. The molecule has 1 N–H and O–H groups in total. The molecular formula is C21H21ClN2O2. The maximum absolute atomic E-state index is 11.9. The molecule has 0 radical (unpaired) electrons. The van der Waals surface area contributed by atoms with Gasteiger partial charge in [0.15, 0.2) is 5.76 Å². The van der Waals surface area contributed by atoms with Gasteiger partial charge < -0.3 is 15.0 Å². The Morgan fingerprint density at radius 1 is 1.23 bits per heavy atom. The van der Waals surface area contributed by atoms with Gasteiger partial charge in [-0.3, -0.25) is 4.79 Å². The minimum Gasteiger partial charge on any atom is -0.455 e. The Bertz CT molecular complexity index is 872. The van der Waals surface area contributed by atoms with Crippen LogP contribution in [0.15, 0.2) is 60.9 Å². The van der Waals surface area contributed by atoms with Crippen molar-refractivity contribution in [1.29, 1.82) is 0 Å². The van der Waals surface area contributed by atoms with Crippen LogP contribution in [-0.4, -0.2) is 20.0 Å². The van der Waals surface area contributed by atoms with Crippen molar-refractivity contribution < 1.29 is 9.53 Å². The molecule has 0 unspecified atom stereocenters. The second kappa shape index (κ2) is 7.67. The van der Waals surface area contributed by atoms with Crippen LogP contribution in [0.25, 0.3) is 5.70 Å². The lowest BCUT2D eigenvalue weighted by Crippen LogP contribution is -2.31. The number of halogens is 1. The average Bonchev–Trinajstić information content (AvgIpc) is 2.66. The number of allylic oxidation sites excluding steroid dienone is 1. The van der Waals surface area contributed by atoms with Crippen molar-refractivity contribution in [3.63, 3.8) is 0 Å². The highest BCUT2D eigenvalue weighted by Crippen LogP contribution is 2.30. The lowest BCUT2D eigenvalue weighted by Gasteiger charge is -2.26. The molecule has 0 atom stereocenters. The Kier molecular flexibility index (Phi) is 5.33. The first-order chi connectivity index (χ1) is 12.5. The Morgan fingerprint density at radius 3 is 2.62 bits per heavy atom. The summed E-state index contributed by atoms with van der Waals surface area (Å²) >= 11 is 5.93. The number of hydrogen-bond donors (Lipinski definition) is 1. The molecule has 2 aromatic carbocycles. The number of nitrogens with zero attached hydrogens (tertiary/aromatic N) is 1. The Balaban J connectivity index is 1.98. The van der Waals surface area contributed by atoms with E-state index in [2.05, 4.69) is 18.0 Å². The summed E-state index contributed by atoms with van der Waals surface area (Å²) in [5, 5.41) is 3.86. The first-order valence-electron chi connectivity index (χ1n) is 8.41. The second-order valence-electron chi connectivity index (χ2n) is 6.05. The van der Waals surface area contributed by atoms with Gasteiger partial charge in [-0.1, -0.05) is 24.2 Å². The molecule has 1 aliphatic rings. The van der Waals surface area contributed by atoms with E-state index in [0.29, 0.717) is 23.0 Å². The van der Waals surface area contributed by atoms with Crippen LogP contribution >= 0.6 is 11.6 Å². The van der Waals surface area contributed by atoms with E-state index in [9.17, 15) is 4.79 Å². The highest BCUT2D eigenvalue weighted by Gasteiger charge is 2.21. The molecule has 1 amide bonds. The van der Waals surface area contributed by atoms with Crippen LogP contribution in [0.3, 0.4) is 0 Å². The standard InChI is InChI=1S/C21H21ClN2O2/c1-4-19(26-17-9-7-16(22)8-10-17)21(23-2)15-5-11-18-14(13-15)6-12-20(25)24(18)3/h4-5,7-11,13,23H,1,6,12H2,2-3H3/b21-19+. The zero-order valence-corrected chi connectivity index (χ0v) is 15.6. The van der Waals surface area contributed by atoms with Crippen LogP contribution in [0, 0.1) is 0 Å². The smallest absolute Gasteiger partial charge is 0.227 e. The number of amides is 1. The van der Waals surface area contributed by atoms with Gasteiger partial charge in [-0.05, 0) is 54.5 Å². The fraction of sp³-hybridized carbons (Fsp3) is 0.190. The monoisotopic (exact) mass is 368 g/mol. The third-order valence-electron chi connectivity index (χ3n) is 4.44. The number of ether oxygens (including phenoxy) is 1. The van der Waals surface area contributed by atoms with Gasteiger partial charge in [-0.15, -0.1) is 0 Å². The summed E-state index contributed by atoms with van der Waals surface area (Å²) < 4.78 is 5.98. The zero-order valence-electron chi connectivity index (χ0n) is 14.9. The molecule has 0 saturated carbocycles. The number of anilines is 1. The van der Waals surface area contributed by atoms with E-state index in [-0.39, 0.29) is 5.91 Å². The largest absolute Gasteiger partial charge is 0.455 e. The average molecular weight is 369 g/mol. The molecule has 3 rings (SSSR count).